The van der Waals surface area contributed by atoms with Gasteiger partial charge >= 0.3 is 0 Å². The largest absolute Gasteiger partial charge is 0.290 e. The molecule has 3 heterocycles. The highest BCUT2D eigenvalue weighted by Gasteiger charge is 2.34. The van der Waals surface area contributed by atoms with Crippen molar-refractivity contribution in [2.45, 2.75) is 19.9 Å². The van der Waals surface area contributed by atoms with Gasteiger partial charge in [0.1, 0.15) is 10.0 Å². The van der Waals surface area contributed by atoms with Gasteiger partial charge in [0, 0.05) is 35.8 Å². The van der Waals surface area contributed by atoms with Gasteiger partial charge in [0.25, 0.3) is 5.91 Å². The first kappa shape index (κ1) is 18.6. The Bertz CT molecular complexity index is 1060. The van der Waals surface area contributed by atoms with Crippen LogP contribution in [0.15, 0.2) is 66.0 Å². The maximum absolute atomic E-state index is 12.8. The monoisotopic (exact) mass is 406 g/mol. The molecule has 0 saturated carbocycles. The topological polar surface area (TPSA) is 51.0 Å². The Morgan fingerprint density at radius 2 is 1.82 bits per heavy atom. The number of benzene rings is 1. The van der Waals surface area contributed by atoms with Crippen LogP contribution in [0, 0.1) is 0 Å². The highest BCUT2D eigenvalue weighted by Crippen LogP contribution is 2.35. The molecule has 4 rings (SSSR count). The summed E-state index contributed by atoms with van der Waals surface area (Å²) in [7, 11) is 0. The minimum Gasteiger partial charge on any atom is -0.290 e. The molecule has 28 heavy (non-hydrogen) atoms. The van der Waals surface area contributed by atoms with Crippen molar-refractivity contribution in [1.29, 1.82) is 0 Å². The van der Waals surface area contributed by atoms with Gasteiger partial charge in [-0.15, -0.1) is 0 Å². The molecule has 0 aliphatic carbocycles. The second kappa shape index (κ2) is 7.69. The third-order valence-electron chi connectivity index (χ3n) is 4.34. The molecule has 1 aliphatic heterocycles. The molecule has 0 bridgehead atoms. The first-order valence-corrected chi connectivity index (χ1v) is 10.1. The summed E-state index contributed by atoms with van der Waals surface area (Å²) < 4.78 is 2.41. The molecule has 0 N–H and O–H groups in total. The number of amides is 1. The predicted octanol–water partition coefficient (Wildman–Crippen LogP) is 4.54. The number of thiocarbonyl (C=S) groups is 1. The fourth-order valence-electron chi connectivity index (χ4n) is 3.01. The van der Waals surface area contributed by atoms with Crippen molar-refractivity contribution in [3.05, 3.63) is 71.5 Å². The zero-order valence-electron chi connectivity index (χ0n) is 15.4. The van der Waals surface area contributed by atoms with Crippen LogP contribution in [0.25, 0.3) is 23.0 Å². The number of nitrogens with zero attached hydrogens (tertiary/aromatic N) is 4. The predicted molar refractivity (Wildman–Crippen MR) is 117 cm³/mol. The molecule has 140 valence electrons. The zero-order chi connectivity index (χ0) is 19.7. The van der Waals surface area contributed by atoms with Gasteiger partial charge in [0.05, 0.1) is 10.6 Å². The number of pyridine rings is 1. The molecule has 1 aliphatic rings. The van der Waals surface area contributed by atoms with Crippen LogP contribution in [-0.2, 0) is 4.79 Å². The third-order valence-corrected chi connectivity index (χ3v) is 5.67. The van der Waals surface area contributed by atoms with E-state index in [0.29, 0.717) is 9.23 Å². The first-order chi connectivity index (χ1) is 13.5. The number of carbonyl (C=O) groups is 1. The number of aromatic nitrogens is 3. The maximum atomic E-state index is 12.8. The van der Waals surface area contributed by atoms with E-state index < -0.39 is 0 Å². The smallest absolute Gasteiger partial charge is 0.266 e. The Balaban J connectivity index is 1.81. The van der Waals surface area contributed by atoms with Gasteiger partial charge in [-0.2, -0.15) is 5.10 Å². The molecule has 7 heteroatoms. The molecule has 3 aromatic rings. The number of carbonyl (C=O) groups excluding carboxylic acids is 1. The summed E-state index contributed by atoms with van der Waals surface area (Å²) in [6, 6.07) is 13.7. The zero-order valence-corrected chi connectivity index (χ0v) is 17.1. The van der Waals surface area contributed by atoms with Gasteiger partial charge < -0.3 is 0 Å². The van der Waals surface area contributed by atoms with Crippen molar-refractivity contribution in [2.75, 3.05) is 0 Å². The van der Waals surface area contributed by atoms with E-state index in [1.165, 1.54) is 11.8 Å². The molecule has 2 aromatic heterocycles. The summed E-state index contributed by atoms with van der Waals surface area (Å²) in [5.74, 6) is -0.0573. The molecule has 0 unspecified atom stereocenters. The second-order valence-electron chi connectivity index (χ2n) is 6.59. The third kappa shape index (κ3) is 3.50. The Hall–Kier alpha value is -2.77. The van der Waals surface area contributed by atoms with E-state index in [4.69, 9.17) is 17.3 Å². The molecule has 0 spiro atoms. The van der Waals surface area contributed by atoms with E-state index in [-0.39, 0.29) is 11.9 Å². The summed E-state index contributed by atoms with van der Waals surface area (Å²) in [4.78, 5) is 19.2. The standard InChI is InChI=1S/C21H18N4OS2/c1-14(2)25-20(26)18(28-21(25)27)12-16-13-24(17-6-4-3-5-7-17)23-19(16)15-8-10-22-11-9-15/h3-14H,1-2H3. The molecular weight excluding hydrogens is 388 g/mol. The van der Waals surface area contributed by atoms with Crippen LogP contribution in [0.2, 0.25) is 0 Å². The van der Waals surface area contributed by atoms with Crippen LogP contribution in [-0.4, -0.2) is 35.9 Å². The van der Waals surface area contributed by atoms with Gasteiger partial charge in [0.15, 0.2) is 0 Å². The average Bonchev–Trinajstić information content (AvgIpc) is 3.24. The van der Waals surface area contributed by atoms with E-state index in [1.807, 2.05) is 73.3 Å². The van der Waals surface area contributed by atoms with Crippen molar-refractivity contribution in [1.82, 2.24) is 19.7 Å². The van der Waals surface area contributed by atoms with Gasteiger partial charge in [-0.3, -0.25) is 14.7 Å². The lowest BCUT2D eigenvalue weighted by Crippen LogP contribution is -2.34. The van der Waals surface area contributed by atoms with Gasteiger partial charge in [-0.1, -0.05) is 42.2 Å². The number of hydrogen-bond acceptors (Lipinski definition) is 5. The lowest BCUT2D eigenvalue weighted by Gasteiger charge is -2.18. The molecular formula is C21H18N4OS2. The van der Waals surface area contributed by atoms with E-state index >= 15 is 0 Å². The number of hydrogen-bond donors (Lipinski definition) is 0. The van der Waals surface area contributed by atoms with Crippen LogP contribution in [0.5, 0.6) is 0 Å². The summed E-state index contributed by atoms with van der Waals surface area (Å²) in [6.45, 7) is 3.92. The summed E-state index contributed by atoms with van der Waals surface area (Å²) in [6.07, 6.45) is 7.29. The van der Waals surface area contributed by atoms with Crippen molar-refractivity contribution in [2.24, 2.45) is 0 Å². The minimum atomic E-state index is -0.0573. The average molecular weight is 407 g/mol. The summed E-state index contributed by atoms with van der Waals surface area (Å²) in [5.41, 5.74) is 3.54. The lowest BCUT2D eigenvalue weighted by atomic mass is 10.1. The van der Waals surface area contributed by atoms with Crippen LogP contribution in [0.1, 0.15) is 19.4 Å². The van der Waals surface area contributed by atoms with Crippen LogP contribution >= 0.6 is 24.0 Å². The van der Waals surface area contributed by atoms with Gasteiger partial charge in [0.2, 0.25) is 0 Å². The van der Waals surface area contributed by atoms with Crippen molar-refractivity contribution in [3.63, 3.8) is 0 Å². The quantitative estimate of drug-likeness (QED) is 0.470. The minimum absolute atomic E-state index is 0.0325. The summed E-state index contributed by atoms with van der Waals surface area (Å²) in [5, 5.41) is 4.77. The van der Waals surface area contributed by atoms with Crippen LogP contribution in [0.3, 0.4) is 0 Å². The van der Waals surface area contributed by atoms with E-state index in [9.17, 15) is 4.79 Å². The molecule has 5 nitrogen and oxygen atoms in total. The van der Waals surface area contributed by atoms with Crippen molar-refractivity contribution < 1.29 is 4.79 Å². The van der Waals surface area contributed by atoms with E-state index in [0.717, 1.165) is 22.5 Å². The number of para-hydroxylation sites is 1. The van der Waals surface area contributed by atoms with Crippen LogP contribution in [0.4, 0.5) is 0 Å². The Morgan fingerprint density at radius 1 is 1.11 bits per heavy atom. The SMILES string of the molecule is CC(C)N1C(=O)C(=Cc2cn(-c3ccccc3)nc2-c2ccncc2)SC1=S. The summed E-state index contributed by atoms with van der Waals surface area (Å²) >= 11 is 6.73. The number of rotatable bonds is 4. The fourth-order valence-corrected chi connectivity index (χ4v) is 4.52. The fraction of sp³-hybridized carbons (Fsp3) is 0.143. The lowest BCUT2D eigenvalue weighted by molar-refractivity contribution is -0.123. The van der Waals surface area contributed by atoms with E-state index in [1.54, 1.807) is 17.3 Å². The van der Waals surface area contributed by atoms with Crippen molar-refractivity contribution in [3.8, 4) is 16.9 Å². The Labute approximate surface area is 173 Å². The highest BCUT2D eigenvalue weighted by atomic mass is 32.2. The van der Waals surface area contributed by atoms with Gasteiger partial charge in [-0.05, 0) is 44.2 Å². The second-order valence-corrected chi connectivity index (χ2v) is 8.27. The maximum Gasteiger partial charge on any atom is 0.266 e. The van der Waals surface area contributed by atoms with Crippen molar-refractivity contribution >= 4 is 40.3 Å². The normalized spacial score (nSPS) is 15.8. The van der Waals surface area contributed by atoms with Crippen LogP contribution < -0.4 is 0 Å². The Morgan fingerprint density at radius 3 is 2.46 bits per heavy atom. The molecule has 0 radical (unpaired) electrons. The molecule has 1 aromatic carbocycles. The van der Waals surface area contributed by atoms with Gasteiger partial charge in [-0.25, -0.2) is 4.68 Å². The molecule has 1 amide bonds. The molecule has 1 fully saturated rings. The Kier molecular flexibility index (Phi) is 5.11. The number of thioether (sulfide) groups is 1. The highest BCUT2D eigenvalue weighted by molar-refractivity contribution is 8.26. The first-order valence-electron chi connectivity index (χ1n) is 8.87. The van der Waals surface area contributed by atoms with E-state index in [2.05, 4.69) is 4.98 Å². The molecule has 1 saturated heterocycles. The molecule has 0 atom stereocenters.